The van der Waals surface area contributed by atoms with Gasteiger partial charge in [0.05, 0.1) is 6.04 Å². The van der Waals surface area contributed by atoms with E-state index in [2.05, 4.69) is 9.98 Å². The Balaban J connectivity index is 2.46. The van der Waals surface area contributed by atoms with E-state index in [1.165, 1.54) is 0 Å². The van der Waals surface area contributed by atoms with Crippen molar-refractivity contribution in [3.8, 4) is 0 Å². The van der Waals surface area contributed by atoms with E-state index < -0.39 is 7.14 Å². The van der Waals surface area contributed by atoms with E-state index in [0.717, 1.165) is 6.42 Å². The van der Waals surface area contributed by atoms with E-state index >= 15 is 0 Å². The number of aliphatic imine (C=N–C) groups is 2. The lowest BCUT2D eigenvalue weighted by Gasteiger charge is -2.13. The highest BCUT2D eigenvalue weighted by atomic mass is 31.2. The Kier molecular flexibility index (Phi) is 3.26. The van der Waals surface area contributed by atoms with Gasteiger partial charge in [-0.15, -0.1) is 0 Å². The standard InChI is InChI=1S/C8H15N2O2P/c1-7-4-5-9-8(10-7)12-6-13(2,3)11/h5,7H,4,6H2,1-3H3. The van der Waals surface area contributed by atoms with Gasteiger partial charge in [-0.2, -0.15) is 0 Å². The summed E-state index contributed by atoms with van der Waals surface area (Å²) >= 11 is 0. The summed E-state index contributed by atoms with van der Waals surface area (Å²) in [5.41, 5.74) is 0. The molecule has 0 bridgehead atoms. The molecule has 1 heterocycles. The van der Waals surface area contributed by atoms with Gasteiger partial charge in [0.15, 0.2) is 0 Å². The first kappa shape index (κ1) is 10.5. The van der Waals surface area contributed by atoms with Crippen LogP contribution in [0.5, 0.6) is 0 Å². The highest BCUT2D eigenvalue weighted by Crippen LogP contribution is 2.35. The highest BCUT2D eigenvalue weighted by molar-refractivity contribution is 7.62. The first-order valence-electron chi connectivity index (χ1n) is 4.24. The number of amidine groups is 1. The lowest BCUT2D eigenvalue weighted by atomic mass is 10.2. The maximum Gasteiger partial charge on any atom is 0.312 e. The summed E-state index contributed by atoms with van der Waals surface area (Å²) in [4.78, 5) is 8.13. The molecule has 13 heavy (non-hydrogen) atoms. The topological polar surface area (TPSA) is 51.0 Å². The normalized spacial score (nSPS) is 22.7. The van der Waals surface area contributed by atoms with Crippen LogP contribution in [0.15, 0.2) is 9.98 Å². The molecule has 0 aromatic heterocycles. The van der Waals surface area contributed by atoms with Gasteiger partial charge in [-0.05, 0) is 20.3 Å². The Bertz CT molecular complexity index is 280. The van der Waals surface area contributed by atoms with E-state index in [1.54, 1.807) is 19.5 Å². The zero-order valence-electron chi connectivity index (χ0n) is 8.23. The van der Waals surface area contributed by atoms with Crippen molar-refractivity contribution < 1.29 is 9.30 Å². The minimum absolute atomic E-state index is 0.218. The molecule has 0 saturated heterocycles. The van der Waals surface area contributed by atoms with Crippen molar-refractivity contribution in [1.29, 1.82) is 0 Å². The highest BCUT2D eigenvalue weighted by Gasteiger charge is 2.12. The predicted octanol–water partition coefficient (Wildman–Crippen LogP) is 1.80. The van der Waals surface area contributed by atoms with Crippen molar-refractivity contribution in [2.75, 3.05) is 19.7 Å². The SMILES string of the molecule is CC1CC=NC(OCP(C)(C)=O)=N1. The summed E-state index contributed by atoms with van der Waals surface area (Å²) in [5.74, 6) is 0. The van der Waals surface area contributed by atoms with E-state index in [4.69, 9.17) is 4.74 Å². The van der Waals surface area contributed by atoms with Gasteiger partial charge in [0, 0.05) is 12.6 Å². The van der Waals surface area contributed by atoms with Gasteiger partial charge in [0.2, 0.25) is 0 Å². The monoisotopic (exact) mass is 202 g/mol. The minimum atomic E-state index is -2.13. The Labute approximate surface area is 78.5 Å². The third-order valence-electron chi connectivity index (χ3n) is 1.48. The summed E-state index contributed by atoms with van der Waals surface area (Å²) < 4.78 is 16.5. The van der Waals surface area contributed by atoms with Crippen LogP contribution in [0.4, 0.5) is 0 Å². The molecule has 0 aromatic carbocycles. The number of rotatable bonds is 2. The number of nitrogens with zero attached hydrogens (tertiary/aromatic N) is 2. The smallest absolute Gasteiger partial charge is 0.312 e. The van der Waals surface area contributed by atoms with Crippen LogP contribution in [0.2, 0.25) is 0 Å². The van der Waals surface area contributed by atoms with E-state index in [0.29, 0.717) is 6.02 Å². The summed E-state index contributed by atoms with van der Waals surface area (Å²) in [6.45, 7) is 5.36. The molecule has 4 nitrogen and oxygen atoms in total. The lowest BCUT2D eigenvalue weighted by Crippen LogP contribution is -2.13. The zero-order valence-corrected chi connectivity index (χ0v) is 9.12. The van der Waals surface area contributed by atoms with Crippen LogP contribution in [0.3, 0.4) is 0 Å². The van der Waals surface area contributed by atoms with Gasteiger partial charge in [-0.3, -0.25) is 0 Å². The van der Waals surface area contributed by atoms with E-state index in [1.807, 2.05) is 6.92 Å². The first-order chi connectivity index (χ1) is 5.97. The molecular weight excluding hydrogens is 187 g/mol. The maximum atomic E-state index is 11.3. The van der Waals surface area contributed by atoms with Gasteiger partial charge >= 0.3 is 6.02 Å². The van der Waals surface area contributed by atoms with Gasteiger partial charge in [-0.1, -0.05) is 0 Å². The molecule has 1 rings (SSSR count). The molecule has 0 spiro atoms. The predicted molar refractivity (Wildman–Crippen MR) is 55.4 cm³/mol. The molecule has 0 aromatic rings. The molecule has 1 unspecified atom stereocenters. The van der Waals surface area contributed by atoms with Crippen molar-refractivity contribution in [2.24, 2.45) is 9.98 Å². The van der Waals surface area contributed by atoms with Gasteiger partial charge in [0.1, 0.15) is 13.5 Å². The third kappa shape index (κ3) is 4.23. The summed E-state index contributed by atoms with van der Waals surface area (Å²) in [5, 5.41) is 0. The molecule has 0 amide bonds. The van der Waals surface area contributed by atoms with Crippen molar-refractivity contribution >= 4 is 19.4 Å². The second kappa shape index (κ2) is 4.05. The number of hydrogen-bond donors (Lipinski definition) is 0. The van der Waals surface area contributed by atoms with Crippen LogP contribution in [0, 0.1) is 0 Å². The minimum Gasteiger partial charge on any atom is -0.456 e. The number of hydrogen-bond acceptors (Lipinski definition) is 4. The third-order valence-corrected chi connectivity index (χ3v) is 2.23. The van der Waals surface area contributed by atoms with Gasteiger partial charge in [-0.25, -0.2) is 9.98 Å². The molecule has 0 saturated carbocycles. The molecule has 1 aliphatic heterocycles. The fraction of sp³-hybridized carbons (Fsp3) is 0.750. The van der Waals surface area contributed by atoms with Crippen LogP contribution in [0.25, 0.3) is 0 Å². The quantitative estimate of drug-likeness (QED) is 0.641. The fourth-order valence-corrected chi connectivity index (χ4v) is 1.27. The summed E-state index contributed by atoms with van der Waals surface area (Å²) in [6.07, 6.45) is 2.85. The van der Waals surface area contributed by atoms with Crippen LogP contribution in [0.1, 0.15) is 13.3 Å². The molecule has 74 valence electrons. The van der Waals surface area contributed by atoms with Crippen molar-refractivity contribution in [3.63, 3.8) is 0 Å². The van der Waals surface area contributed by atoms with Gasteiger partial charge < -0.3 is 9.30 Å². The van der Waals surface area contributed by atoms with Crippen LogP contribution in [-0.4, -0.2) is 38.0 Å². The van der Waals surface area contributed by atoms with Gasteiger partial charge in [0.25, 0.3) is 0 Å². The molecule has 0 N–H and O–H groups in total. The van der Waals surface area contributed by atoms with Crippen LogP contribution in [-0.2, 0) is 9.30 Å². The molecule has 1 atom stereocenters. The average molecular weight is 202 g/mol. The van der Waals surface area contributed by atoms with Crippen LogP contribution >= 0.6 is 7.14 Å². The van der Waals surface area contributed by atoms with Crippen molar-refractivity contribution in [1.82, 2.24) is 0 Å². The largest absolute Gasteiger partial charge is 0.456 e. The van der Waals surface area contributed by atoms with Crippen molar-refractivity contribution in [3.05, 3.63) is 0 Å². The summed E-state index contributed by atoms with van der Waals surface area (Å²) in [7, 11) is -2.13. The lowest BCUT2D eigenvalue weighted by molar-refractivity contribution is 0.355. The number of ether oxygens (including phenoxy) is 1. The first-order valence-corrected chi connectivity index (χ1v) is 7.03. The molecule has 0 aliphatic carbocycles. The molecule has 1 aliphatic rings. The second-order valence-corrected chi connectivity index (χ2v) is 7.06. The Morgan fingerprint density at radius 3 is 2.92 bits per heavy atom. The molecular formula is C8H15N2O2P. The van der Waals surface area contributed by atoms with Crippen molar-refractivity contribution in [2.45, 2.75) is 19.4 Å². The second-order valence-electron chi connectivity index (χ2n) is 3.66. The molecule has 0 radical (unpaired) electrons. The maximum absolute atomic E-state index is 11.3. The molecule has 5 heteroatoms. The van der Waals surface area contributed by atoms with E-state index in [-0.39, 0.29) is 12.4 Å². The Morgan fingerprint density at radius 2 is 2.38 bits per heavy atom. The zero-order chi connectivity index (χ0) is 9.90. The fourth-order valence-electron chi connectivity index (χ4n) is 0.846. The van der Waals surface area contributed by atoms with Crippen LogP contribution < -0.4 is 0 Å². The summed E-state index contributed by atoms with van der Waals surface area (Å²) in [6, 6.07) is 0.586. The van der Waals surface area contributed by atoms with E-state index in [9.17, 15) is 4.57 Å². The Hall–Kier alpha value is -0.630. The average Bonchev–Trinajstić information content (AvgIpc) is 2.00. The molecule has 0 fully saturated rings. The Morgan fingerprint density at radius 1 is 1.69 bits per heavy atom.